The van der Waals surface area contributed by atoms with Gasteiger partial charge in [0.15, 0.2) is 17.3 Å². The maximum Gasteiger partial charge on any atom is 0.219 e. The third-order valence-electron chi connectivity index (χ3n) is 10.5. The molecule has 0 amide bonds. The third-order valence-corrected chi connectivity index (χ3v) is 11.6. The van der Waals surface area contributed by atoms with Crippen molar-refractivity contribution in [2.24, 2.45) is 5.92 Å². The molecular weight excluding hydrogens is 572 g/mol. The number of aryl methyl sites for hydroxylation is 1. The van der Waals surface area contributed by atoms with Gasteiger partial charge < -0.3 is 25.2 Å². The molecule has 2 aliphatic carbocycles. The predicted octanol–water partition coefficient (Wildman–Crippen LogP) is 4.90. The van der Waals surface area contributed by atoms with Gasteiger partial charge in [-0.2, -0.15) is 10.2 Å². The summed E-state index contributed by atoms with van der Waals surface area (Å²) >= 11 is 1.56. The molecule has 3 N–H and O–H groups in total. The zero-order valence-electron chi connectivity index (χ0n) is 26.4. The highest BCUT2D eigenvalue weighted by molar-refractivity contribution is 7.16. The number of ether oxygens (including phenoxy) is 1. The molecule has 0 aromatic carbocycles. The van der Waals surface area contributed by atoms with E-state index in [0.717, 1.165) is 93.8 Å². The number of hydrogen-bond donors (Lipinski definition) is 2. The highest BCUT2D eigenvalue weighted by Crippen LogP contribution is 2.55. The number of anilines is 2. The molecule has 11 heteroatoms. The zero-order valence-corrected chi connectivity index (χ0v) is 27.2. The summed E-state index contributed by atoms with van der Waals surface area (Å²) in [6.45, 7) is 10.4. The molecule has 1 spiro atoms. The Kier molecular flexibility index (Phi) is 7.79. The normalized spacial score (nSPS) is 26.0. The fourth-order valence-electron chi connectivity index (χ4n) is 8.19. The van der Waals surface area contributed by atoms with Gasteiger partial charge in [0, 0.05) is 48.2 Å². The van der Waals surface area contributed by atoms with Crippen molar-refractivity contribution in [2.45, 2.75) is 95.7 Å². The molecule has 3 aromatic rings. The molecule has 0 radical (unpaired) electrons. The zero-order chi connectivity index (χ0) is 30.6. The molecule has 3 aromatic heterocycles. The molecule has 234 valence electrons. The second-order valence-corrected chi connectivity index (χ2v) is 14.7. The number of nitrogen functional groups attached to an aromatic ring is 1. The van der Waals surface area contributed by atoms with Gasteiger partial charge in [0.1, 0.15) is 23.0 Å². The van der Waals surface area contributed by atoms with E-state index < -0.39 is 0 Å². The second-order valence-electron chi connectivity index (χ2n) is 13.5. The number of nitrogens with two attached hydrogens (primary N) is 1. The lowest BCUT2D eigenvalue weighted by atomic mass is 9.63. The maximum atomic E-state index is 10.1. The van der Waals surface area contributed by atoms with Crippen LogP contribution in [0.25, 0.3) is 11.5 Å². The minimum Gasteiger partial charge on any atom is -0.473 e. The van der Waals surface area contributed by atoms with Gasteiger partial charge >= 0.3 is 0 Å². The van der Waals surface area contributed by atoms with Crippen LogP contribution in [0.2, 0.25) is 0 Å². The van der Waals surface area contributed by atoms with E-state index >= 15 is 0 Å². The van der Waals surface area contributed by atoms with Gasteiger partial charge in [0.05, 0.1) is 11.0 Å². The Balaban J connectivity index is 1.30. The maximum absolute atomic E-state index is 10.1. The number of nitrogens with zero attached hydrogens (tertiary/aromatic N) is 6. The SMILES string of the molecule is CC(C)[C@@H]1CN(c2cc(O[C@@H](C)[C@@H]3CCCN3C)nc(-c3noc4c3CCC[C@@]43CCCc4sc(N)c(C#N)c43)n2)CCN1. The van der Waals surface area contributed by atoms with Gasteiger partial charge in [0.2, 0.25) is 5.88 Å². The van der Waals surface area contributed by atoms with Crippen LogP contribution < -0.4 is 20.7 Å². The summed E-state index contributed by atoms with van der Waals surface area (Å²) in [5, 5.41) is 19.1. The second kappa shape index (κ2) is 11.6. The van der Waals surface area contributed by atoms with E-state index in [0.29, 0.717) is 46.0 Å². The average Bonchev–Trinajstić information content (AvgIpc) is 3.74. The van der Waals surface area contributed by atoms with Crippen LogP contribution in [0.3, 0.4) is 0 Å². The van der Waals surface area contributed by atoms with Crippen LogP contribution in [-0.2, 0) is 18.3 Å². The number of rotatable bonds is 6. The van der Waals surface area contributed by atoms with Crippen molar-refractivity contribution in [1.29, 1.82) is 5.26 Å². The van der Waals surface area contributed by atoms with Gasteiger partial charge in [-0.05, 0) is 83.4 Å². The molecule has 44 heavy (non-hydrogen) atoms. The number of thiophene rings is 1. The van der Waals surface area contributed by atoms with Crippen molar-refractivity contribution < 1.29 is 9.26 Å². The molecule has 7 rings (SSSR count). The predicted molar refractivity (Wildman–Crippen MR) is 172 cm³/mol. The van der Waals surface area contributed by atoms with Crippen molar-refractivity contribution in [2.75, 3.05) is 43.9 Å². The van der Waals surface area contributed by atoms with E-state index in [1.807, 2.05) is 6.07 Å². The van der Waals surface area contributed by atoms with E-state index in [9.17, 15) is 5.26 Å². The van der Waals surface area contributed by atoms with Crippen LogP contribution >= 0.6 is 11.3 Å². The Morgan fingerprint density at radius 3 is 2.75 bits per heavy atom. The lowest BCUT2D eigenvalue weighted by Gasteiger charge is -2.39. The molecule has 2 fully saturated rings. The van der Waals surface area contributed by atoms with Crippen LogP contribution in [0, 0.1) is 17.2 Å². The van der Waals surface area contributed by atoms with Crippen LogP contribution in [0.1, 0.15) is 86.6 Å². The molecular formula is C33H44N8O2S. The fourth-order valence-corrected chi connectivity index (χ4v) is 9.35. The highest BCUT2D eigenvalue weighted by Gasteiger charge is 2.49. The van der Waals surface area contributed by atoms with Crippen molar-refractivity contribution in [3.05, 3.63) is 33.4 Å². The molecule has 0 saturated carbocycles. The Hall–Kier alpha value is -3.20. The van der Waals surface area contributed by atoms with Crippen molar-refractivity contribution in [1.82, 2.24) is 25.3 Å². The molecule has 4 atom stereocenters. The Morgan fingerprint density at radius 2 is 2.00 bits per heavy atom. The van der Waals surface area contributed by atoms with Gasteiger partial charge in [-0.15, -0.1) is 11.3 Å². The topological polar surface area (TPSA) is 129 Å². The molecule has 2 saturated heterocycles. The number of likely N-dealkylation sites (tertiary alicyclic amines) is 1. The smallest absolute Gasteiger partial charge is 0.219 e. The average molecular weight is 617 g/mol. The number of aromatic nitrogens is 3. The Bertz CT molecular complexity index is 1570. The summed E-state index contributed by atoms with van der Waals surface area (Å²) in [5.41, 5.74) is 9.44. The van der Waals surface area contributed by atoms with Crippen LogP contribution in [0.15, 0.2) is 10.6 Å². The number of nitrogens with one attached hydrogen (secondary N) is 1. The van der Waals surface area contributed by atoms with E-state index in [1.165, 1.54) is 11.3 Å². The standard InChI is InChI=1S/C33H44N8O2S/c1-19(2)23-18-41(15-13-36-23)26-16-27(42-20(3)24-9-7-14-40(24)4)38-32(37-26)29-21-8-5-11-33(30(21)43-39-29)12-6-10-25-28(33)22(17-34)31(35)44-25/h16,19-20,23-24,36H,5-15,18,35H2,1-4H3/t20-,23-,24-,33-/m0/s1. The van der Waals surface area contributed by atoms with Crippen LogP contribution in [0.4, 0.5) is 10.8 Å². The van der Waals surface area contributed by atoms with E-state index in [2.05, 4.69) is 54.2 Å². The van der Waals surface area contributed by atoms with E-state index in [-0.39, 0.29) is 11.5 Å². The van der Waals surface area contributed by atoms with Gasteiger partial charge in [-0.1, -0.05) is 19.0 Å². The van der Waals surface area contributed by atoms with Crippen molar-refractivity contribution >= 4 is 22.2 Å². The number of hydrogen-bond acceptors (Lipinski definition) is 11. The molecule has 0 unspecified atom stereocenters. The lowest BCUT2D eigenvalue weighted by Crippen LogP contribution is -2.53. The molecule has 0 bridgehead atoms. The first-order valence-corrected chi connectivity index (χ1v) is 17.2. The van der Waals surface area contributed by atoms with Crippen molar-refractivity contribution in [3.8, 4) is 23.5 Å². The number of fused-ring (bicyclic) bond motifs is 4. The minimum absolute atomic E-state index is 0.00635. The summed E-state index contributed by atoms with van der Waals surface area (Å²) in [6, 6.07) is 5.16. The summed E-state index contributed by atoms with van der Waals surface area (Å²) in [4.78, 5) is 16.1. The summed E-state index contributed by atoms with van der Waals surface area (Å²) in [7, 11) is 2.17. The monoisotopic (exact) mass is 616 g/mol. The number of nitriles is 1. The first-order chi connectivity index (χ1) is 21.3. The summed E-state index contributed by atoms with van der Waals surface area (Å²) in [5.74, 6) is 3.37. The fraction of sp³-hybridized carbons (Fsp3) is 0.636. The molecule has 5 heterocycles. The number of piperazine rings is 1. The minimum atomic E-state index is -0.382. The van der Waals surface area contributed by atoms with E-state index in [4.69, 9.17) is 25.0 Å². The quantitative estimate of drug-likeness (QED) is 0.394. The van der Waals surface area contributed by atoms with Crippen molar-refractivity contribution in [3.63, 3.8) is 0 Å². The number of likely N-dealkylation sites (N-methyl/N-ethyl adjacent to an activating group) is 1. The molecule has 2 aliphatic heterocycles. The Labute approximate surface area is 264 Å². The third kappa shape index (κ3) is 4.95. The van der Waals surface area contributed by atoms with Gasteiger partial charge in [-0.25, -0.2) is 4.98 Å². The molecule has 4 aliphatic rings. The van der Waals surface area contributed by atoms with Gasteiger partial charge in [0.25, 0.3) is 0 Å². The highest BCUT2D eigenvalue weighted by atomic mass is 32.1. The van der Waals surface area contributed by atoms with Gasteiger partial charge in [-0.3, -0.25) is 4.90 Å². The largest absolute Gasteiger partial charge is 0.473 e. The first-order valence-electron chi connectivity index (χ1n) is 16.3. The molecule has 10 nitrogen and oxygen atoms in total. The lowest BCUT2D eigenvalue weighted by molar-refractivity contribution is 0.117. The van der Waals surface area contributed by atoms with Crippen LogP contribution in [-0.4, -0.2) is 71.4 Å². The van der Waals surface area contributed by atoms with E-state index in [1.54, 1.807) is 11.3 Å². The summed E-state index contributed by atoms with van der Waals surface area (Å²) in [6.07, 6.45) is 7.94. The Morgan fingerprint density at radius 1 is 1.18 bits per heavy atom. The first kappa shape index (κ1) is 29.5. The summed E-state index contributed by atoms with van der Waals surface area (Å²) < 4.78 is 12.9. The van der Waals surface area contributed by atoms with Crippen LogP contribution in [0.5, 0.6) is 5.88 Å².